The van der Waals surface area contributed by atoms with E-state index in [0.29, 0.717) is 22.6 Å². The molecule has 1 heterocycles. The van der Waals surface area contributed by atoms with Crippen molar-refractivity contribution in [2.24, 2.45) is 7.05 Å². The molecule has 0 unspecified atom stereocenters. The van der Waals surface area contributed by atoms with Crippen molar-refractivity contribution >= 4 is 5.82 Å². The summed E-state index contributed by atoms with van der Waals surface area (Å²) in [4.78, 5) is 0. The van der Waals surface area contributed by atoms with Gasteiger partial charge in [-0.05, 0) is 42.0 Å². The number of nitrogens with zero attached hydrogens (tertiary/aromatic N) is 2. The minimum Gasteiger partial charge on any atom is -0.383 e. The first-order chi connectivity index (χ1) is 10.1. The van der Waals surface area contributed by atoms with Crippen molar-refractivity contribution < 1.29 is 8.78 Å². The number of hydrogen-bond donors (Lipinski definition) is 1. The summed E-state index contributed by atoms with van der Waals surface area (Å²) < 4.78 is 28.1. The Hall–Kier alpha value is -2.69. The molecule has 0 spiro atoms. The fourth-order valence-corrected chi connectivity index (χ4v) is 2.28. The Morgan fingerprint density at radius 2 is 1.67 bits per heavy atom. The van der Waals surface area contributed by atoms with E-state index in [1.165, 1.54) is 28.9 Å². The summed E-state index contributed by atoms with van der Waals surface area (Å²) in [6, 6.07) is 12.1. The molecule has 3 aromatic rings. The first-order valence-electron chi connectivity index (χ1n) is 6.40. The molecule has 0 atom stereocenters. The van der Waals surface area contributed by atoms with E-state index in [2.05, 4.69) is 5.10 Å². The van der Waals surface area contributed by atoms with Crippen LogP contribution in [0, 0.1) is 11.6 Å². The molecule has 106 valence electrons. The number of benzene rings is 2. The zero-order valence-electron chi connectivity index (χ0n) is 11.3. The van der Waals surface area contributed by atoms with E-state index >= 15 is 0 Å². The molecule has 0 saturated carbocycles. The average Bonchev–Trinajstić information content (AvgIpc) is 2.76. The fourth-order valence-electron chi connectivity index (χ4n) is 2.28. The van der Waals surface area contributed by atoms with Crippen molar-refractivity contribution in [2.45, 2.75) is 0 Å². The molecule has 3 nitrogen and oxygen atoms in total. The maximum atomic E-state index is 13.5. The molecule has 0 amide bonds. The van der Waals surface area contributed by atoms with Gasteiger partial charge in [0.15, 0.2) is 0 Å². The van der Waals surface area contributed by atoms with Gasteiger partial charge in [0, 0.05) is 12.6 Å². The van der Waals surface area contributed by atoms with Gasteiger partial charge in [-0.3, -0.25) is 4.68 Å². The Balaban J connectivity index is 2.23. The summed E-state index contributed by atoms with van der Waals surface area (Å²) in [7, 11) is 1.71. The monoisotopic (exact) mass is 285 g/mol. The maximum Gasteiger partial charge on any atom is 0.129 e. The van der Waals surface area contributed by atoms with Crippen LogP contribution >= 0.6 is 0 Å². The van der Waals surface area contributed by atoms with Gasteiger partial charge in [-0.25, -0.2) is 8.78 Å². The molecule has 2 aromatic carbocycles. The number of anilines is 1. The lowest BCUT2D eigenvalue weighted by Gasteiger charge is -2.05. The molecule has 0 aliphatic rings. The quantitative estimate of drug-likeness (QED) is 0.781. The van der Waals surface area contributed by atoms with Gasteiger partial charge in [0.05, 0.1) is 5.56 Å². The average molecular weight is 285 g/mol. The number of aromatic nitrogens is 2. The largest absolute Gasteiger partial charge is 0.383 e. The van der Waals surface area contributed by atoms with Gasteiger partial charge in [-0.2, -0.15) is 5.10 Å². The predicted molar refractivity (Wildman–Crippen MR) is 78.4 cm³/mol. The highest BCUT2D eigenvalue weighted by molar-refractivity contribution is 5.88. The Bertz CT molecular complexity index is 792. The molecular weight excluding hydrogens is 272 g/mol. The molecule has 5 heteroatoms. The molecule has 3 rings (SSSR count). The Morgan fingerprint density at radius 3 is 2.33 bits per heavy atom. The topological polar surface area (TPSA) is 43.8 Å². The van der Waals surface area contributed by atoms with Gasteiger partial charge < -0.3 is 5.73 Å². The Morgan fingerprint density at radius 1 is 0.952 bits per heavy atom. The van der Waals surface area contributed by atoms with E-state index in [0.717, 1.165) is 5.56 Å². The zero-order chi connectivity index (χ0) is 15.0. The van der Waals surface area contributed by atoms with Crippen molar-refractivity contribution in [1.29, 1.82) is 0 Å². The standard InChI is InChI=1S/C16H13F2N3/c1-21-16(19)14(11-3-2-4-13(18)9-11)15(20-21)10-5-7-12(17)8-6-10/h2-9H,19H2,1H3. The second-order valence-electron chi connectivity index (χ2n) is 4.75. The summed E-state index contributed by atoms with van der Waals surface area (Å²) in [6.45, 7) is 0. The summed E-state index contributed by atoms with van der Waals surface area (Å²) in [5, 5.41) is 4.36. The molecule has 0 aliphatic heterocycles. The van der Waals surface area contributed by atoms with Crippen LogP contribution in [0.5, 0.6) is 0 Å². The van der Waals surface area contributed by atoms with E-state index in [9.17, 15) is 8.78 Å². The minimum atomic E-state index is -0.346. The van der Waals surface area contributed by atoms with E-state index in [4.69, 9.17) is 5.73 Å². The molecule has 0 aliphatic carbocycles. The van der Waals surface area contributed by atoms with Crippen LogP contribution in [0.1, 0.15) is 0 Å². The van der Waals surface area contributed by atoms with Crippen LogP contribution in [-0.4, -0.2) is 9.78 Å². The number of nitrogen functional groups attached to an aromatic ring is 1. The molecule has 0 saturated heterocycles. The van der Waals surface area contributed by atoms with Gasteiger partial charge in [0.2, 0.25) is 0 Å². The highest BCUT2D eigenvalue weighted by Gasteiger charge is 2.17. The lowest BCUT2D eigenvalue weighted by Crippen LogP contribution is -1.98. The van der Waals surface area contributed by atoms with Crippen molar-refractivity contribution in [3.8, 4) is 22.4 Å². The van der Waals surface area contributed by atoms with Gasteiger partial charge in [-0.1, -0.05) is 12.1 Å². The van der Waals surface area contributed by atoms with Crippen molar-refractivity contribution in [2.75, 3.05) is 5.73 Å². The first-order valence-corrected chi connectivity index (χ1v) is 6.40. The molecule has 0 bridgehead atoms. The molecule has 21 heavy (non-hydrogen) atoms. The van der Waals surface area contributed by atoms with E-state index in [-0.39, 0.29) is 11.6 Å². The van der Waals surface area contributed by atoms with Crippen LogP contribution in [0.25, 0.3) is 22.4 Å². The van der Waals surface area contributed by atoms with E-state index in [1.54, 1.807) is 31.3 Å². The first kappa shape index (κ1) is 13.3. The number of aryl methyl sites for hydroxylation is 1. The minimum absolute atomic E-state index is 0.324. The van der Waals surface area contributed by atoms with E-state index in [1.807, 2.05) is 0 Å². The van der Waals surface area contributed by atoms with Crippen molar-refractivity contribution in [1.82, 2.24) is 9.78 Å². The van der Waals surface area contributed by atoms with Gasteiger partial charge in [-0.15, -0.1) is 0 Å². The van der Waals surface area contributed by atoms with Crippen LogP contribution in [0.2, 0.25) is 0 Å². The molecule has 0 radical (unpaired) electrons. The van der Waals surface area contributed by atoms with Crippen LogP contribution in [0.15, 0.2) is 48.5 Å². The third-order valence-electron chi connectivity index (χ3n) is 3.32. The summed E-state index contributed by atoms with van der Waals surface area (Å²) in [5.74, 6) is -0.240. The van der Waals surface area contributed by atoms with Crippen molar-refractivity contribution in [3.63, 3.8) is 0 Å². The maximum absolute atomic E-state index is 13.5. The van der Waals surface area contributed by atoms with Crippen molar-refractivity contribution in [3.05, 3.63) is 60.2 Å². The van der Waals surface area contributed by atoms with Gasteiger partial charge in [0.25, 0.3) is 0 Å². The smallest absolute Gasteiger partial charge is 0.129 e. The number of hydrogen-bond acceptors (Lipinski definition) is 2. The molecule has 0 fully saturated rings. The van der Waals surface area contributed by atoms with Gasteiger partial charge >= 0.3 is 0 Å². The van der Waals surface area contributed by atoms with Crippen LogP contribution in [0.4, 0.5) is 14.6 Å². The third-order valence-corrected chi connectivity index (χ3v) is 3.32. The van der Waals surface area contributed by atoms with E-state index < -0.39 is 0 Å². The normalized spacial score (nSPS) is 10.8. The van der Waals surface area contributed by atoms with Crippen LogP contribution < -0.4 is 5.73 Å². The Kier molecular flexibility index (Phi) is 3.17. The highest BCUT2D eigenvalue weighted by atomic mass is 19.1. The summed E-state index contributed by atoms with van der Waals surface area (Å²) >= 11 is 0. The predicted octanol–water partition coefficient (Wildman–Crippen LogP) is 3.61. The number of nitrogens with two attached hydrogens (primary N) is 1. The fraction of sp³-hybridized carbons (Fsp3) is 0.0625. The number of halogens is 2. The van der Waals surface area contributed by atoms with Crippen LogP contribution in [0.3, 0.4) is 0 Å². The zero-order valence-corrected chi connectivity index (χ0v) is 11.3. The second-order valence-corrected chi connectivity index (χ2v) is 4.75. The lowest BCUT2D eigenvalue weighted by atomic mass is 10.0. The third kappa shape index (κ3) is 2.38. The van der Waals surface area contributed by atoms with Gasteiger partial charge in [0.1, 0.15) is 23.1 Å². The lowest BCUT2D eigenvalue weighted by molar-refractivity contribution is 0.628. The Labute approximate surface area is 120 Å². The highest BCUT2D eigenvalue weighted by Crippen LogP contribution is 2.36. The molecule has 1 aromatic heterocycles. The second kappa shape index (κ2) is 5.01. The van der Waals surface area contributed by atoms with Crippen LogP contribution in [-0.2, 0) is 7.05 Å². The summed E-state index contributed by atoms with van der Waals surface area (Å²) in [6.07, 6.45) is 0. The molecule has 2 N–H and O–H groups in total. The molecular formula is C16H13F2N3. The number of rotatable bonds is 2. The summed E-state index contributed by atoms with van der Waals surface area (Å²) in [5.41, 5.74) is 8.66. The SMILES string of the molecule is Cn1nc(-c2ccc(F)cc2)c(-c2cccc(F)c2)c1N.